The molecule has 0 aromatic heterocycles. The Kier molecular flexibility index (Phi) is 5.01. The number of nitrogens with one attached hydrogen (secondary N) is 2. The number of hydrogen-bond donors (Lipinski definition) is 3. The summed E-state index contributed by atoms with van der Waals surface area (Å²) in [5.41, 5.74) is 3.21. The molecule has 0 radical (unpaired) electrons. The number of nitrogens with zero attached hydrogens (tertiary/aromatic N) is 1. The highest BCUT2D eigenvalue weighted by Crippen LogP contribution is 1.92. The van der Waals surface area contributed by atoms with E-state index in [1.165, 1.54) is 0 Å². The zero-order valence-electron chi connectivity index (χ0n) is 9.05. The quantitative estimate of drug-likeness (QED) is 0.517. The van der Waals surface area contributed by atoms with Crippen molar-refractivity contribution in [3.8, 4) is 0 Å². The first-order chi connectivity index (χ1) is 7.72. The first-order valence-corrected chi connectivity index (χ1v) is 4.98. The fourth-order valence-electron chi connectivity index (χ4n) is 1.01. The third-order valence-electron chi connectivity index (χ3n) is 1.83. The van der Waals surface area contributed by atoms with Crippen molar-refractivity contribution in [3.63, 3.8) is 0 Å². The largest absolute Gasteiger partial charge is 0.394 e. The second-order valence-corrected chi connectivity index (χ2v) is 3.34. The number of aliphatic hydroxyl groups excluding tert-OH is 1. The predicted molar refractivity (Wildman–Crippen MR) is 62.3 cm³/mol. The minimum atomic E-state index is -0.436. The second-order valence-electron chi connectivity index (χ2n) is 3.34. The molecule has 1 aromatic rings. The van der Waals surface area contributed by atoms with Gasteiger partial charge in [0, 0.05) is 0 Å². The molecule has 86 valence electrons. The minimum Gasteiger partial charge on any atom is -0.394 e. The molecule has 0 saturated heterocycles. The van der Waals surface area contributed by atoms with Gasteiger partial charge in [-0.2, -0.15) is 5.10 Å². The average Bonchev–Trinajstić information content (AvgIpc) is 2.30. The van der Waals surface area contributed by atoms with Gasteiger partial charge in [0.05, 0.1) is 18.9 Å². The van der Waals surface area contributed by atoms with E-state index < -0.39 is 6.03 Å². The SMILES string of the molecule is CC(CO)NC(=O)N/N=C/c1ccccc1. The Morgan fingerprint density at radius 2 is 2.19 bits per heavy atom. The van der Waals surface area contributed by atoms with Crippen LogP contribution in [0, 0.1) is 0 Å². The van der Waals surface area contributed by atoms with Gasteiger partial charge in [0.2, 0.25) is 0 Å². The van der Waals surface area contributed by atoms with Crippen molar-refractivity contribution in [2.45, 2.75) is 13.0 Å². The molecule has 0 heterocycles. The van der Waals surface area contributed by atoms with Gasteiger partial charge in [-0.05, 0) is 12.5 Å². The molecule has 16 heavy (non-hydrogen) atoms. The van der Waals surface area contributed by atoms with Crippen molar-refractivity contribution >= 4 is 12.2 Å². The number of hydrazone groups is 1. The molecular weight excluding hydrogens is 206 g/mol. The summed E-state index contributed by atoms with van der Waals surface area (Å²) in [6.07, 6.45) is 1.54. The Morgan fingerprint density at radius 1 is 1.50 bits per heavy atom. The Labute approximate surface area is 94.2 Å². The number of rotatable bonds is 4. The molecular formula is C11H15N3O2. The van der Waals surface area contributed by atoms with Crippen LogP contribution in [0.25, 0.3) is 0 Å². The maximum absolute atomic E-state index is 11.2. The van der Waals surface area contributed by atoms with E-state index in [9.17, 15) is 4.79 Å². The van der Waals surface area contributed by atoms with Crippen LogP contribution in [0.4, 0.5) is 4.79 Å². The van der Waals surface area contributed by atoms with Crippen LogP contribution in [0.2, 0.25) is 0 Å². The van der Waals surface area contributed by atoms with Gasteiger partial charge in [-0.15, -0.1) is 0 Å². The van der Waals surface area contributed by atoms with Gasteiger partial charge in [0.1, 0.15) is 0 Å². The highest BCUT2D eigenvalue weighted by molar-refractivity contribution is 5.81. The van der Waals surface area contributed by atoms with Crippen molar-refractivity contribution in [2.75, 3.05) is 6.61 Å². The molecule has 0 aliphatic heterocycles. The number of carbonyl (C=O) groups excluding carboxylic acids is 1. The molecule has 0 aliphatic rings. The molecule has 5 heteroatoms. The number of amides is 2. The molecule has 3 N–H and O–H groups in total. The third kappa shape index (κ3) is 4.56. The summed E-state index contributed by atoms with van der Waals surface area (Å²) in [5.74, 6) is 0. The minimum absolute atomic E-state index is 0.101. The van der Waals surface area contributed by atoms with Crippen LogP contribution in [0.3, 0.4) is 0 Å². The van der Waals surface area contributed by atoms with E-state index in [0.29, 0.717) is 0 Å². The van der Waals surface area contributed by atoms with Gasteiger partial charge in [-0.3, -0.25) is 0 Å². The fourth-order valence-corrected chi connectivity index (χ4v) is 1.01. The Bertz CT molecular complexity index is 352. The van der Waals surface area contributed by atoms with Gasteiger partial charge >= 0.3 is 6.03 Å². The van der Waals surface area contributed by atoms with Gasteiger partial charge in [0.25, 0.3) is 0 Å². The molecule has 1 rings (SSSR count). The van der Waals surface area contributed by atoms with E-state index in [1.807, 2.05) is 30.3 Å². The molecule has 0 fully saturated rings. The first kappa shape index (κ1) is 12.2. The first-order valence-electron chi connectivity index (χ1n) is 4.98. The van der Waals surface area contributed by atoms with Crippen LogP contribution in [0.15, 0.2) is 35.4 Å². The standard InChI is InChI=1S/C11H15N3O2/c1-9(8-15)13-11(16)14-12-7-10-5-3-2-4-6-10/h2-7,9,15H,8H2,1H3,(H2,13,14,16)/b12-7+. The number of hydrogen-bond acceptors (Lipinski definition) is 3. The summed E-state index contributed by atoms with van der Waals surface area (Å²) in [7, 11) is 0. The zero-order chi connectivity index (χ0) is 11.8. The molecule has 5 nitrogen and oxygen atoms in total. The van der Waals surface area contributed by atoms with Crippen molar-refractivity contribution in [1.82, 2.24) is 10.7 Å². The van der Waals surface area contributed by atoms with E-state index in [-0.39, 0.29) is 12.6 Å². The summed E-state index contributed by atoms with van der Waals surface area (Å²) < 4.78 is 0. The smallest absolute Gasteiger partial charge is 0.335 e. The third-order valence-corrected chi connectivity index (χ3v) is 1.83. The van der Waals surface area contributed by atoms with Gasteiger partial charge in [-0.1, -0.05) is 30.3 Å². The topological polar surface area (TPSA) is 73.7 Å². The lowest BCUT2D eigenvalue weighted by molar-refractivity contribution is 0.221. The predicted octanol–water partition coefficient (Wildman–Crippen LogP) is 0.700. The Morgan fingerprint density at radius 3 is 2.81 bits per heavy atom. The Hall–Kier alpha value is -1.88. The van der Waals surface area contributed by atoms with Crippen molar-refractivity contribution in [1.29, 1.82) is 0 Å². The summed E-state index contributed by atoms with van der Waals surface area (Å²) in [5, 5.41) is 15.0. The van der Waals surface area contributed by atoms with Gasteiger partial charge in [-0.25, -0.2) is 10.2 Å². The summed E-state index contributed by atoms with van der Waals surface area (Å²) in [6.45, 7) is 1.59. The lowest BCUT2D eigenvalue weighted by Crippen LogP contribution is -2.40. The van der Waals surface area contributed by atoms with Crippen molar-refractivity contribution in [3.05, 3.63) is 35.9 Å². The zero-order valence-corrected chi connectivity index (χ0v) is 9.05. The van der Waals surface area contributed by atoms with Gasteiger partial charge < -0.3 is 10.4 Å². The molecule has 1 aromatic carbocycles. The molecule has 0 saturated carbocycles. The molecule has 1 atom stereocenters. The normalized spacial score (nSPS) is 12.4. The maximum atomic E-state index is 11.2. The molecule has 0 aliphatic carbocycles. The highest BCUT2D eigenvalue weighted by atomic mass is 16.3. The van der Waals surface area contributed by atoms with E-state index >= 15 is 0 Å². The van der Waals surface area contributed by atoms with Crippen LogP contribution >= 0.6 is 0 Å². The highest BCUT2D eigenvalue weighted by Gasteiger charge is 2.03. The molecule has 2 amide bonds. The van der Waals surface area contributed by atoms with E-state index in [1.54, 1.807) is 13.1 Å². The van der Waals surface area contributed by atoms with Crippen LogP contribution in [-0.4, -0.2) is 30.0 Å². The lowest BCUT2D eigenvalue weighted by atomic mass is 10.2. The molecule has 1 unspecified atom stereocenters. The van der Waals surface area contributed by atoms with E-state index in [0.717, 1.165) is 5.56 Å². The van der Waals surface area contributed by atoms with Crippen LogP contribution in [0.1, 0.15) is 12.5 Å². The van der Waals surface area contributed by atoms with Crippen molar-refractivity contribution < 1.29 is 9.90 Å². The summed E-state index contributed by atoms with van der Waals surface area (Å²) in [4.78, 5) is 11.2. The fraction of sp³-hybridized carbons (Fsp3) is 0.273. The summed E-state index contributed by atoms with van der Waals surface area (Å²) >= 11 is 0. The van der Waals surface area contributed by atoms with Crippen molar-refractivity contribution in [2.24, 2.45) is 5.10 Å². The number of aliphatic hydroxyl groups is 1. The van der Waals surface area contributed by atoms with Crippen LogP contribution in [0.5, 0.6) is 0 Å². The summed E-state index contributed by atoms with van der Waals surface area (Å²) in [6, 6.07) is 8.70. The maximum Gasteiger partial charge on any atom is 0.335 e. The number of carbonyl (C=O) groups is 1. The van der Waals surface area contributed by atoms with E-state index in [4.69, 9.17) is 5.11 Å². The molecule has 0 spiro atoms. The average molecular weight is 221 g/mol. The number of benzene rings is 1. The molecule has 0 bridgehead atoms. The monoisotopic (exact) mass is 221 g/mol. The van der Waals surface area contributed by atoms with Crippen LogP contribution in [-0.2, 0) is 0 Å². The van der Waals surface area contributed by atoms with Gasteiger partial charge in [0.15, 0.2) is 0 Å². The van der Waals surface area contributed by atoms with Crippen LogP contribution < -0.4 is 10.7 Å². The second kappa shape index (κ2) is 6.58. The Balaban J connectivity index is 2.34. The number of urea groups is 1. The van der Waals surface area contributed by atoms with E-state index in [2.05, 4.69) is 15.8 Å². The lowest BCUT2D eigenvalue weighted by Gasteiger charge is -2.08.